The van der Waals surface area contributed by atoms with E-state index in [2.05, 4.69) is 11.8 Å². The van der Waals surface area contributed by atoms with Crippen molar-refractivity contribution in [2.75, 3.05) is 13.1 Å². The first-order chi connectivity index (χ1) is 8.72. The molecule has 2 bridgehead atoms. The fraction of sp³-hybridized carbons (Fsp3) is 1.00. The largest absolute Gasteiger partial charge is 0.300 e. The lowest BCUT2D eigenvalue weighted by molar-refractivity contribution is 0.102. The van der Waals surface area contributed by atoms with Gasteiger partial charge in [-0.05, 0) is 69.7 Å². The average molecular weight is 270 g/mol. The van der Waals surface area contributed by atoms with E-state index < -0.39 is 0 Å². The van der Waals surface area contributed by atoms with Gasteiger partial charge in [0, 0.05) is 18.0 Å². The maximum absolute atomic E-state index is 6.23. The van der Waals surface area contributed by atoms with Crippen molar-refractivity contribution < 1.29 is 0 Å². The summed E-state index contributed by atoms with van der Waals surface area (Å²) in [4.78, 5) is 2.80. The Bertz CT molecular complexity index is 278. The minimum atomic E-state index is 0.343. The molecular weight excluding hydrogens is 242 g/mol. The number of rotatable bonds is 4. The first kappa shape index (κ1) is 13.2. The molecule has 3 aliphatic rings. The van der Waals surface area contributed by atoms with Crippen molar-refractivity contribution in [3.05, 3.63) is 0 Å². The second-order valence-corrected chi connectivity index (χ2v) is 7.84. The average Bonchev–Trinajstić information content (AvgIpc) is 2.93. The number of likely N-dealkylation sites (tertiary alicyclic amines) is 1. The zero-order chi connectivity index (χ0) is 12.5. The minimum absolute atomic E-state index is 0.343. The SMILES string of the molecule is CC(Cl)CC1CCCCN1CC1CC2CCC1C2. The van der Waals surface area contributed by atoms with Crippen LogP contribution in [0.3, 0.4) is 0 Å². The molecule has 0 aromatic rings. The van der Waals surface area contributed by atoms with Gasteiger partial charge in [-0.2, -0.15) is 0 Å². The van der Waals surface area contributed by atoms with Crippen molar-refractivity contribution in [1.29, 1.82) is 0 Å². The summed E-state index contributed by atoms with van der Waals surface area (Å²) < 4.78 is 0. The standard InChI is InChI=1S/C16H28ClN/c1-12(17)8-16-4-2-3-7-18(16)11-15-10-13-5-6-14(15)9-13/h12-16H,2-11H2,1H3. The van der Waals surface area contributed by atoms with Crippen LogP contribution in [0.1, 0.15) is 58.3 Å². The Hall–Kier alpha value is 0.250. The summed E-state index contributed by atoms with van der Waals surface area (Å²) in [5.74, 6) is 3.19. The van der Waals surface area contributed by atoms with Gasteiger partial charge in [0.1, 0.15) is 0 Å². The first-order valence-electron chi connectivity index (χ1n) is 8.10. The summed E-state index contributed by atoms with van der Waals surface area (Å²) in [6.45, 7) is 4.88. The number of hydrogen-bond donors (Lipinski definition) is 0. The van der Waals surface area contributed by atoms with E-state index in [4.69, 9.17) is 11.6 Å². The maximum Gasteiger partial charge on any atom is 0.0322 e. The van der Waals surface area contributed by atoms with Crippen LogP contribution in [-0.2, 0) is 0 Å². The van der Waals surface area contributed by atoms with Crippen LogP contribution in [0.5, 0.6) is 0 Å². The van der Waals surface area contributed by atoms with E-state index in [0.717, 1.165) is 23.8 Å². The van der Waals surface area contributed by atoms with Crippen LogP contribution >= 0.6 is 11.6 Å². The van der Waals surface area contributed by atoms with E-state index >= 15 is 0 Å². The molecule has 0 amide bonds. The zero-order valence-corrected chi connectivity index (χ0v) is 12.5. The van der Waals surface area contributed by atoms with Gasteiger partial charge in [-0.25, -0.2) is 0 Å². The van der Waals surface area contributed by atoms with Gasteiger partial charge in [0.15, 0.2) is 0 Å². The third kappa shape index (κ3) is 2.88. The van der Waals surface area contributed by atoms with Crippen LogP contribution in [0.4, 0.5) is 0 Å². The molecule has 1 saturated heterocycles. The highest BCUT2D eigenvalue weighted by molar-refractivity contribution is 6.20. The van der Waals surface area contributed by atoms with Crippen molar-refractivity contribution in [2.45, 2.75) is 69.7 Å². The maximum atomic E-state index is 6.23. The molecule has 0 N–H and O–H groups in total. The summed E-state index contributed by atoms with van der Waals surface area (Å²) in [6, 6.07) is 0.783. The van der Waals surface area contributed by atoms with Gasteiger partial charge in [0.25, 0.3) is 0 Å². The second kappa shape index (κ2) is 5.71. The van der Waals surface area contributed by atoms with Crippen molar-refractivity contribution in [1.82, 2.24) is 4.90 Å². The molecule has 2 saturated carbocycles. The Morgan fingerprint density at radius 3 is 2.72 bits per heavy atom. The van der Waals surface area contributed by atoms with Crippen molar-refractivity contribution in [3.63, 3.8) is 0 Å². The number of piperidine rings is 1. The summed E-state index contributed by atoms with van der Waals surface area (Å²) >= 11 is 6.23. The van der Waals surface area contributed by atoms with Gasteiger partial charge in [-0.1, -0.05) is 12.8 Å². The zero-order valence-electron chi connectivity index (χ0n) is 11.8. The lowest BCUT2D eigenvalue weighted by Gasteiger charge is -2.39. The molecule has 18 heavy (non-hydrogen) atoms. The molecule has 0 aromatic carbocycles. The van der Waals surface area contributed by atoms with Gasteiger partial charge >= 0.3 is 0 Å². The summed E-state index contributed by atoms with van der Waals surface area (Å²) in [5.41, 5.74) is 0. The Morgan fingerprint density at radius 2 is 2.06 bits per heavy atom. The Labute approximate surface area is 117 Å². The highest BCUT2D eigenvalue weighted by Gasteiger charge is 2.40. The van der Waals surface area contributed by atoms with E-state index in [-0.39, 0.29) is 0 Å². The molecule has 0 radical (unpaired) electrons. The van der Waals surface area contributed by atoms with Crippen LogP contribution in [0.15, 0.2) is 0 Å². The third-order valence-electron chi connectivity index (χ3n) is 5.70. The van der Waals surface area contributed by atoms with Crippen molar-refractivity contribution in [2.24, 2.45) is 17.8 Å². The molecule has 3 fully saturated rings. The number of nitrogens with zero attached hydrogens (tertiary/aromatic N) is 1. The molecule has 1 nitrogen and oxygen atoms in total. The predicted octanol–water partition coefficient (Wildman–Crippen LogP) is 4.29. The van der Waals surface area contributed by atoms with Crippen LogP contribution in [0.2, 0.25) is 0 Å². The third-order valence-corrected chi connectivity index (χ3v) is 5.88. The number of halogens is 1. The normalized spacial score (nSPS) is 42.3. The topological polar surface area (TPSA) is 3.24 Å². The molecule has 1 heterocycles. The Morgan fingerprint density at radius 1 is 1.17 bits per heavy atom. The predicted molar refractivity (Wildman–Crippen MR) is 78.1 cm³/mol. The summed E-state index contributed by atoms with van der Waals surface area (Å²) in [5, 5.41) is 0.343. The lowest BCUT2D eigenvalue weighted by atomic mass is 9.87. The molecule has 5 unspecified atom stereocenters. The Kier molecular flexibility index (Phi) is 4.20. The van der Waals surface area contributed by atoms with E-state index in [1.165, 1.54) is 58.0 Å². The molecule has 0 spiro atoms. The van der Waals surface area contributed by atoms with Gasteiger partial charge in [-0.15, -0.1) is 11.6 Å². The van der Waals surface area contributed by atoms with Gasteiger partial charge in [0.2, 0.25) is 0 Å². The van der Waals surface area contributed by atoms with Gasteiger partial charge < -0.3 is 4.90 Å². The number of fused-ring (bicyclic) bond motifs is 2. The molecule has 2 aliphatic carbocycles. The highest BCUT2D eigenvalue weighted by atomic mass is 35.5. The Balaban J connectivity index is 1.56. The van der Waals surface area contributed by atoms with E-state index in [9.17, 15) is 0 Å². The van der Waals surface area contributed by atoms with E-state index in [1.807, 2.05) is 0 Å². The lowest BCUT2D eigenvalue weighted by Crippen LogP contribution is -2.44. The quantitative estimate of drug-likeness (QED) is 0.688. The molecule has 2 heteroatoms. The number of alkyl halides is 1. The van der Waals surface area contributed by atoms with E-state index in [1.54, 1.807) is 6.42 Å². The van der Waals surface area contributed by atoms with Crippen molar-refractivity contribution >= 4 is 11.6 Å². The summed E-state index contributed by atoms with van der Waals surface area (Å²) in [6.07, 6.45) is 11.6. The molecule has 5 atom stereocenters. The van der Waals surface area contributed by atoms with Gasteiger partial charge in [0.05, 0.1) is 0 Å². The highest BCUT2D eigenvalue weighted by Crippen LogP contribution is 2.48. The monoisotopic (exact) mass is 269 g/mol. The number of hydrogen-bond acceptors (Lipinski definition) is 1. The van der Waals surface area contributed by atoms with Crippen LogP contribution in [0, 0.1) is 17.8 Å². The van der Waals surface area contributed by atoms with Crippen molar-refractivity contribution in [3.8, 4) is 0 Å². The van der Waals surface area contributed by atoms with E-state index in [0.29, 0.717) is 5.38 Å². The fourth-order valence-electron chi connectivity index (χ4n) is 4.84. The first-order valence-corrected chi connectivity index (χ1v) is 8.54. The second-order valence-electron chi connectivity index (χ2n) is 7.10. The van der Waals surface area contributed by atoms with Crippen LogP contribution < -0.4 is 0 Å². The molecule has 104 valence electrons. The fourth-order valence-corrected chi connectivity index (χ4v) is 5.05. The summed E-state index contributed by atoms with van der Waals surface area (Å²) in [7, 11) is 0. The molecule has 1 aliphatic heterocycles. The smallest absolute Gasteiger partial charge is 0.0322 e. The molecule has 0 aromatic heterocycles. The van der Waals surface area contributed by atoms with Gasteiger partial charge in [-0.3, -0.25) is 0 Å². The molecule has 3 rings (SSSR count). The van der Waals surface area contributed by atoms with Crippen LogP contribution in [0.25, 0.3) is 0 Å². The van der Waals surface area contributed by atoms with Crippen LogP contribution in [-0.4, -0.2) is 29.4 Å². The molecular formula is C16H28ClN. The minimum Gasteiger partial charge on any atom is -0.300 e.